The number of pyridine rings is 1. The average molecular weight is 284 g/mol. The fourth-order valence-electron chi connectivity index (χ4n) is 2.11. The molecule has 7 nitrogen and oxygen atoms in total. The first kappa shape index (κ1) is 13.4. The summed E-state index contributed by atoms with van der Waals surface area (Å²) in [6.45, 7) is 1.29. The average Bonchev–Trinajstić information content (AvgIpc) is 2.89. The van der Waals surface area contributed by atoms with E-state index in [-0.39, 0.29) is 5.56 Å². The van der Waals surface area contributed by atoms with Gasteiger partial charge in [-0.1, -0.05) is 6.07 Å². The van der Waals surface area contributed by atoms with Gasteiger partial charge in [-0.25, -0.2) is 9.97 Å². The molecule has 3 aromatic rings. The van der Waals surface area contributed by atoms with Crippen molar-refractivity contribution in [2.45, 2.75) is 13.0 Å². The second-order valence-electron chi connectivity index (χ2n) is 4.78. The molecular formula is C14H16N6O. The Bertz CT molecular complexity index is 806. The Hall–Kier alpha value is -2.54. The Labute approximate surface area is 121 Å². The zero-order valence-corrected chi connectivity index (χ0v) is 11.7. The molecule has 0 atom stereocenters. The molecule has 3 aromatic heterocycles. The Morgan fingerprint density at radius 1 is 1.33 bits per heavy atom. The monoisotopic (exact) mass is 284 g/mol. The van der Waals surface area contributed by atoms with Gasteiger partial charge < -0.3 is 5.32 Å². The molecule has 0 radical (unpaired) electrons. The number of aromatic nitrogens is 5. The Morgan fingerprint density at radius 3 is 3.05 bits per heavy atom. The van der Waals surface area contributed by atoms with Crippen LogP contribution in [0.5, 0.6) is 0 Å². The maximum absolute atomic E-state index is 11.9. The predicted molar refractivity (Wildman–Crippen MR) is 77.9 cm³/mol. The summed E-state index contributed by atoms with van der Waals surface area (Å²) >= 11 is 0. The van der Waals surface area contributed by atoms with Gasteiger partial charge in [-0.3, -0.25) is 13.9 Å². The molecule has 0 unspecified atom stereocenters. The Kier molecular flexibility index (Phi) is 3.74. The van der Waals surface area contributed by atoms with Gasteiger partial charge in [-0.15, -0.1) is 0 Å². The normalized spacial score (nSPS) is 11.1. The molecule has 3 rings (SSSR count). The fraction of sp³-hybridized carbons (Fsp3) is 0.286. The van der Waals surface area contributed by atoms with E-state index < -0.39 is 0 Å². The first-order valence-corrected chi connectivity index (χ1v) is 6.75. The van der Waals surface area contributed by atoms with Crippen molar-refractivity contribution in [2.75, 3.05) is 6.54 Å². The van der Waals surface area contributed by atoms with Crippen molar-refractivity contribution in [2.24, 2.45) is 7.05 Å². The standard InChI is InChI=1S/C14H16N6O/c1-19-10-16-12(18-19)5-6-15-9-11-8-14(21)20-7-3-2-4-13(20)17-11/h2-4,7-8,10,15H,5-6,9H2,1H3. The van der Waals surface area contributed by atoms with Gasteiger partial charge in [-0.05, 0) is 12.1 Å². The smallest absolute Gasteiger partial charge is 0.258 e. The molecule has 3 heterocycles. The van der Waals surface area contributed by atoms with Crippen molar-refractivity contribution in [1.82, 2.24) is 29.5 Å². The van der Waals surface area contributed by atoms with Crippen LogP contribution >= 0.6 is 0 Å². The SMILES string of the molecule is Cn1cnc(CCNCc2cc(=O)n3ccccc3n2)n1. The van der Waals surface area contributed by atoms with Crippen molar-refractivity contribution in [3.05, 3.63) is 58.7 Å². The molecule has 0 aliphatic rings. The number of nitrogens with one attached hydrogen (secondary N) is 1. The van der Waals surface area contributed by atoms with Gasteiger partial charge in [0.25, 0.3) is 5.56 Å². The van der Waals surface area contributed by atoms with Gasteiger partial charge in [0.2, 0.25) is 0 Å². The van der Waals surface area contributed by atoms with Gasteiger partial charge in [-0.2, -0.15) is 5.10 Å². The number of hydrogen-bond acceptors (Lipinski definition) is 5. The molecule has 0 bridgehead atoms. The molecule has 0 spiro atoms. The highest BCUT2D eigenvalue weighted by Gasteiger charge is 2.02. The summed E-state index contributed by atoms with van der Waals surface area (Å²) in [6, 6.07) is 7.06. The van der Waals surface area contributed by atoms with Crippen LogP contribution in [0, 0.1) is 0 Å². The highest BCUT2D eigenvalue weighted by atomic mass is 16.1. The zero-order valence-electron chi connectivity index (χ0n) is 11.7. The van der Waals surface area contributed by atoms with E-state index in [0.717, 1.165) is 24.5 Å². The van der Waals surface area contributed by atoms with Gasteiger partial charge in [0.15, 0.2) is 5.82 Å². The van der Waals surface area contributed by atoms with Crippen molar-refractivity contribution in [1.29, 1.82) is 0 Å². The van der Waals surface area contributed by atoms with E-state index >= 15 is 0 Å². The third kappa shape index (κ3) is 3.14. The molecule has 0 saturated carbocycles. The summed E-state index contributed by atoms with van der Waals surface area (Å²) in [5.74, 6) is 0.802. The molecule has 0 saturated heterocycles. The van der Waals surface area contributed by atoms with Crippen LogP contribution in [0.2, 0.25) is 0 Å². The van der Waals surface area contributed by atoms with Crippen LogP contribution in [0.3, 0.4) is 0 Å². The Morgan fingerprint density at radius 2 is 2.24 bits per heavy atom. The van der Waals surface area contributed by atoms with Crippen LogP contribution in [-0.2, 0) is 20.0 Å². The van der Waals surface area contributed by atoms with Crippen molar-refractivity contribution < 1.29 is 0 Å². The van der Waals surface area contributed by atoms with Crippen molar-refractivity contribution >= 4 is 5.65 Å². The van der Waals surface area contributed by atoms with Crippen molar-refractivity contribution in [3.8, 4) is 0 Å². The number of fused-ring (bicyclic) bond motifs is 1. The number of nitrogens with zero attached hydrogens (tertiary/aromatic N) is 5. The molecule has 21 heavy (non-hydrogen) atoms. The summed E-state index contributed by atoms with van der Waals surface area (Å²) in [5.41, 5.74) is 1.33. The molecule has 7 heteroatoms. The lowest BCUT2D eigenvalue weighted by molar-refractivity contribution is 0.651. The molecule has 0 aromatic carbocycles. The second kappa shape index (κ2) is 5.84. The minimum atomic E-state index is -0.0659. The van der Waals surface area contributed by atoms with Gasteiger partial charge >= 0.3 is 0 Å². The highest BCUT2D eigenvalue weighted by molar-refractivity contribution is 5.37. The summed E-state index contributed by atoms with van der Waals surface area (Å²) < 4.78 is 3.21. The third-order valence-corrected chi connectivity index (χ3v) is 3.10. The van der Waals surface area contributed by atoms with Crippen LogP contribution in [0.15, 0.2) is 41.6 Å². The van der Waals surface area contributed by atoms with Gasteiger partial charge in [0, 0.05) is 38.8 Å². The summed E-state index contributed by atoms with van der Waals surface area (Å²) in [4.78, 5) is 20.5. The number of hydrogen-bond donors (Lipinski definition) is 1. The zero-order chi connectivity index (χ0) is 14.7. The number of aryl methyl sites for hydroxylation is 1. The first-order valence-electron chi connectivity index (χ1n) is 6.75. The third-order valence-electron chi connectivity index (χ3n) is 3.10. The van der Waals surface area contributed by atoms with E-state index in [1.807, 2.05) is 25.2 Å². The highest BCUT2D eigenvalue weighted by Crippen LogP contribution is 1.98. The van der Waals surface area contributed by atoms with E-state index in [1.165, 1.54) is 4.40 Å². The Balaban J connectivity index is 1.61. The maximum Gasteiger partial charge on any atom is 0.258 e. The minimum Gasteiger partial charge on any atom is -0.311 e. The summed E-state index contributed by atoms with van der Waals surface area (Å²) in [7, 11) is 1.84. The molecule has 0 aliphatic heterocycles. The van der Waals surface area contributed by atoms with Crippen LogP contribution < -0.4 is 10.9 Å². The minimum absolute atomic E-state index is 0.0659. The van der Waals surface area contributed by atoms with E-state index in [2.05, 4.69) is 20.4 Å². The van der Waals surface area contributed by atoms with Crippen LogP contribution in [0.25, 0.3) is 5.65 Å². The quantitative estimate of drug-likeness (QED) is 0.675. The summed E-state index contributed by atoms with van der Waals surface area (Å²) in [6.07, 6.45) is 4.14. The van der Waals surface area contributed by atoms with Crippen LogP contribution in [0.4, 0.5) is 0 Å². The second-order valence-corrected chi connectivity index (χ2v) is 4.78. The van der Waals surface area contributed by atoms with Crippen LogP contribution in [-0.4, -0.2) is 30.7 Å². The lowest BCUT2D eigenvalue weighted by Crippen LogP contribution is -2.21. The molecule has 1 N–H and O–H groups in total. The van der Waals surface area contributed by atoms with E-state index in [9.17, 15) is 4.79 Å². The number of rotatable bonds is 5. The summed E-state index contributed by atoms with van der Waals surface area (Å²) in [5, 5.41) is 7.46. The topological polar surface area (TPSA) is 77.1 Å². The molecule has 0 aliphatic carbocycles. The van der Waals surface area contributed by atoms with Crippen LogP contribution in [0.1, 0.15) is 11.5 Å². The van der Waals surface area contributed by atoms with Gasteiger partial charge in [0.1, 0.15) is 12.0 Å². The first-order chi connectivity index (χ1) is 10.2. The molecular weight excluding hydrogens is 268 g/mol. The van der Waals surface area contributed by atoms with E-state index in [0.29, 0.717) is 12.2 Å². The maximum atomic E-state index is 11.9. The van der Waals surface area contributed by atoms with Crippen molar-refractivity contribution in [3.63, 3.8) is 0 Å². The lowest BCUT2D eigenvalue weighted by atomic mass is 10.3. The fourth-order valence-corrected chi connectivity index (χ4v) is 2.11. The van der Waals surface area contributed by atoms with Gasteiger partial charge in [0.05, 0.1) is 5.69 Å². The predicted octanol–water partition coefficient (Wildman–Crippen LogP) is 0.155. The van der Waals surface area contributed by atoms with E-state index in [1.54, 1.807) is 23.3 Å². The molecule has 0 amide bonds. The largest absolute Gasteiger partial charge is 0.311 e. The molecule has 108 valence electrons. The van der Waals surface area contributed by atoms with E-state index in [4.69, 9.17) is 0 Å². The lowest BCUT2D eigenvalue weighted by Gasteiger charge is -2.05. The molecule has 0 fully saturated rings.